The summed E-state index contributed by atoms with van der Waals surface area (Å²) in [5.74, 6) is 0. The molecule has 0 aliphatic heterocycles. The lowest BCUT2D eigenvalue weighted by atomic mass is 9.92. The summed E-state index contributed by atoms with van der Waals surface area (Å²) in [6, 6.07) is 68.1. The van der Waals surface area contributed by atoms with Crippen molar-refractivity contribution in [1.29, 1.82) is 0 Å². The molecule has 9 aromatic rings. The largest absolute Gasteiger partial charge is 0.311 e. The van der Waals surface area contributed by atoms with Gasteiger partial charge in [-0.05, 0) is 102 Å². The Morgan fingerprint density at radius 3 is 1.36 bits per heavy atom. The van der Waals surface area contributed by atoms with Gasteiger partial charge in [0, 0.05) is 17.1 Å². The van der Waals surface area contributed by atoms with Gasteiger partial charge in [-0.15, -0.1) is 0 Å². The minimum absolute atomic E-state index is 1.12. The Labute approximate surface area is 274 Å². The van der Waals surface area contributed by atoms with Crippen LogP contribution in [-0.2, 0) is 0 Å². The van der Waals surface area contributed by atoms with E-state index in [9.17, 15) is 0 Å². The highest BCUT2D eigenvalue weighted by molar-refractivity contribution is 6.19. The van der Waals surface area contributed by atoms with Gasteiger partial charge in [0.2, 0.25) is 0 Å². The third-order valence-electron chi connectivity index (χ3n) is 9.46. The molecule has 0 fully saturated rings. The number of anilines is 3. The molecule has 220 valence electrons. The number of fused-ring (bicyclic) bond motifs is 6. The highest BCUT2D eigenvalue weighted by atomic mass is 15.1. The molecule has 1 nitrogen and oxygen atoms in total. The molecule has 0 aliphatic carbocycles. The molecule has 0 bridgehead atoms. The quantitative estimate of drug-likeness (QED) is 0.178. The number of benzene rings is 9. The number of nitrogens with zero attached hydrogens (tertiary/aromatic N) is 1. The maximum Gasteiger partial charge on any atom is 0.0462 e. The molecular formula is C46H31N. The van der Waals surface area contributed by atoms with E-state index in [-0.39, 0.29) is 0 Å². The third-order valence-corrected chi connectivity index (χ3v) is 9.46. The fourth-order valence-electron chi connectivity index (χ4n) is 7.19. The van der Waals surface area contributed by atoms with Gasteiger partial charge in [0.15, 0.2) is 0 Å². The first-order valence-electron chi connectivity index (χ1n) is 16.2. The van der Waals surface area contributed by atoms with E-state index in [0.717, 1.165) is 17.1 Å². The Morgan fingerprint density at radius 1 is 0.234 bits per heavy atom. The topological polar surface area (TPSA) is 3.24 Å². The predicted octanol–water partition coefficient (Wildman–Crippen LogP) is 13.1. The summed E-state index contributed by atoms with van der Waals surface area (Å²) in [6.45, 7) is 0. The lowest BCUT2D eigenvalue weighted by Gasteiger charge is -2.26. The smallest absolute Gasteiger partial charge is 0.0462 e. The lowest BCUT2D eigenvalue weighted by Crippen LogP contribution is -2.09. The van der Waals surface area contributed by atoms with E-state index in [1.54, 1.807) is 0 Å². The van der Waals surface area contributed by atoms with Crippen molar-refractivity contribution in [3.05, 3.63) is 188 Å². The molecule has 47 heavy (non-hydrogen) atoms. The monoisotopic (exact) mass is 597 g/mol. The summed E-state index contributed by atoms with van der Waals surface area (Å²) < 4.78 is 0. The van der Waals surface area contributed by atoms with E-state index in [4.69, 9.17) is 0 Å². The van der Waals surface area contributed by atoms with Gasteiger partial charge in [0.25, 0.3) is 0 Å². The number of para-hydroxylation sites is 1. The minimum Gasteiger partial charge on any atom is -0.311 e. The predicted molar refractivity (Wildman–Crippen MR) is 202 cm³/mol. The van der Waals surface area contributed by atoms with Gasteiger partial charge in [-0.3, -0.25) is 0 Å². The van der Waals surface area contributed by atoms with E-state index in [1.165, 1.54) is 65.3 Å². The third kappa shape index (κ3) is 4.72. The van der Waals surface area contributed by atoms with Crippen LogP contribution in [-0.4, -0.2) is 0 Å². The van der Waals surface area contributed by atoms with Crippen LogP contribution in [0.4, 0.5) is 17.1 Å². The first kappa shape index (κ1) is 27.2. The van der Waals surface area contributed by atoms with Crippen molar-refractivity contribution in [3.8, 4) is 22.3 Å². The zero-order valence-electron chi connectivity index (χ0n) is 25.8. The highest BCUT2D eigenvalue weighted by Gasteiger charge is 2.14. The molecule has 0 aliphatic rings. The Kier molecular flexibility index (Phi) is 6.54. The van der Waals surface area contributed by atoms with Gasteiger partial charge in [-0.1, -0.05) is 152 Å². The Balaban J connectivity index is 1.11. The van der Waals surface area contributed by atoms with Gasteiger partial charge >= 0.3 is 0 Å². The van der Waals surface area contributed by atoms with Crippen molar-refractivity contribution < 1.29 is 0 Å². The molecule has 0 atom stereocenters. The minimum atomic E-state index is 1.12. The summed E-state index contributed by atoms with van der Waals surface area (Å²) in [5.41, 5.74) is 8.29. The summed E-state index contributed by atoms with van der Waals surface area (Å²) >= 11 is 0. The van der Waals surface area contributed by atoms with Crippen LogP contribution in [0.25, 0.3) is 65.3 Å². The van der Waals surface area contributed by atoms with Gasteiger partial charge in [0.05, 0.1) is 0 Å². The Morgan fingerprint density at radius 2 is 0.660 bits per heavy atom. The maximum absolute atomic E-state index is 2.33. The van der Waals surface area contributed by atoms with Crippen LogP contribution in [0.5, 0.6) is 0 Å². The van der Waals surface area contributed by atoms with E-state index < -0.39 is 0 Å². The van der Waals surface area contributed by atoms with Crippen molar-refractivity contribution in [2.45, 2.75) is 0 Å². The van der Waals surface area contributed by atoms with Gasteiger partial charge in [-0.2, -0.15) is 0 Å². The average Bonchev–Trinajstić information content (AvgIpc) is 3.15. The molecule has 0 saturated carbocycles. The first-order chi connectivity index (χ1) is 23.3. The molecule has 0 aromatic heterocycles. The molecule has 0 amide bonds. The summed E-state index contributed by atoms with van der Waals surface area (Å²) in [5, 5.41) is 10.3. The molecular weight excluding hydrogens is 567 g/mol. The molecule has 1 heteroatoms. The van der Waals surface area contributed by atoms with E-state index in [1.807, 2.05) is 0 Å². The fourth-order valence-corrected chi connectivity index (χ4v) is 7.19. The van der Waals surface area contributed by atoms with Gasteiger partial charge < -0.3 is 4.90 Å². The Bertz CT molecular complexity index is 2540. The second-order valence-electron chi connectivity index (χ2n) is 12.1. The number of rotatable bonds is 5. The summed E-state index contributed by atoms with van der Waals surface area (Å²) in [6.07, 6.45) is 0. The maximum atomic E-state index is 2.33. The van der Waals surface area contributed by atoms with E-state index in [0.29, 0.717) is 0 Å². The number of hydrogen-bond acceptors (Lipinski definition) is 1. The SMILES string of the molecule is c1ccc(N(c2ccc(-c3cccc4ccccc34)cc2)c2ccc(-c3cccc4c3ccc3c5ccccc5ccc43)cc2)cc1. The van der Waals surface area contributed by atoms with Crippen molar-refractivity contribution >= 4 is 60.2 Å². The molecule has 0 saturated heterocycles. The van der Waals surface area contributed by atoms with Crippen LogP contribution in [0.1, 0.15) is 0 Å². The molecule has 9 aromatic carbocycles. The van der Waals surface area contributed by atoms with Crippen LogP contribution >= 0.6 is 0 Å². The summed E-state index contributed by atoms with van der Waals surface area (Å²) in [4.78, 5) is 2.33. The molecule has 0 N–H and O–H groups in total. The second-order valence-corrected chi connectivity index (χ2v) is 12.1. The molecule has 0 heterocycles. The molecule has 0 radical (unpaired) electrons. The van der Waals surface area contributed by atoms with Gasteiger partial charge in [0.1, 0.15) is 0 Å². The number of hydrogen-bond donors (Lipinski definition) is 0. The van der Waals surface area contributed by atoms with Crippen LogP contribution in [0, 0.1) is 0 Å². The fraction of sp³-hybridized carbons (Fsp3) is 0. The van der Waals surface area contributed by atoms with Crippen molar-refractivity contribution in [2.24, 2.45) is 0 Å². The molecule has 0 unspecified atom stereocenters. The first-order valence-corrected chi connectivity index (χ1v) is 16.2. The lowest BCUT2D eigenvalue weighted by molar-refractivity contribution is 1.28. The second kappa shape index (κ2) is 11.3. The molecule has 0 spiro atoms. The van der Waals surface area contributed by atoms with Crippen LogP contribution < -0.4 is 4.90 Å². The molecule has 9 rings (SSSR count). The zero-order valence-corrected chi connectivity index (χ0v) is 25.8. The van der Waals surface area contributed by atoms with Crippen LogP contribution in [0.15, 0.2) is 188 Å². The van der Waals surface area contributed by atoms with Gasteiger partial charge in [-0.25, -0.2) is 0 Å². The van der Waals surface area contributed by atoms with Crippen molar-refractivity contribution in [2.75, 3.05) is 4.90 Å². The highest BCUT2D eigenvalue weighted by Crippen LogP contribution is 2.40. The summed E-state index contributed by atoms with van der Waals surface area (Å²) in [7, 11) is 0. The standard InChI is InChI=1S/C46H31N/c1-2-13-36(14-3-1)47(37-25-20-34(21-26-37)40-17-8-12-32-10-4-6-15-39(32)40)38-27-22-35(23-28-38)42-18-9-19-43-44(42)30-31-45-41-16-7-5-11-33(41)24-29-46(43)45/h1-31H. The van der Waals surface area contributed by atoms with Crippen LogP contribution in [0.2, 0.25) is 0 Å². The zero-order chi connectivity index (χ0) is 31.2. The van der Waals surface area contributed by atoms with Crippen molar-refractivity contribution in [3.63, 3.8) is 0 Å². The van der Waals surface area contributed by atoms with Crippen molar-refractivity contribution in [1.82, 2.24) is 0 Å². The Hall–Kier alpha value is -6.18. The average molecular weight is 598 g/mol. The van der Waals surface area contributed by atoms with Crippen LogP contribution in [0.3, 0.4) is 0 Å². The van der Waals surface area contributed by atoms with E-state index in [2.05, 4.69) is 193 Å². The van der Waals surface area contributed by atoms with E-state index >= 15 is 0 Å². The normalized spacial score (nSPS) is 11.4.